The van der Waals surface area contributed by atoms with E-state index in [4.69, 9.17) is 5.11 Å². The number of aromatic nitrogens is 2. The van der Waals surface area contributed by atoms with E-state index in [0.29, 0.717) is 24.1 Å². The summed E-state index contributed by atoms with van der Waals surface area (Å²) in [5.41, 5.74) is 1.41. The molecule has 1 aliphatic carbocycles. The number of rotatable bonds is 1. The summed E-state index contributed by atoms with van der Waals surface area (Å²) < 4.78 is 0. The van der Waals surface area contributed by atoms with Gasteiger partial charge in [-0.3, -0.25) is 9.89 Å². The third-order valence-corrected chi connectivity index (χ3v) is 2.18. The first-order valence-corrected chi connectivity index (χ1v) is 3.99. The predicted octanol–water partition coefficient (Wildman–Crippen LogP) is 0.166. The van der Waals surface area contributed by atoms with Crippen LogP contribution in [0.3, 0.4) is 0 Å². The third-order valence-electron chi connectivity index (χ3n) is 2.18. The highest BCUT2D eigenvalue weighted by Gasteiger charge is 2.24. The van der Waals surface area contributed by atoms with E-state index in [-0.39, 0.29) is 17.9 Å². The number of hydrogen-bond donors (Lipinski definition) is 2. The number of H-pyrrole nitrogens is 1. The second-order valence-corrected chi connectivity index (χ2v) is 3.05. The van der Waals surface area contributed by atoms with Crippen LogP contribution in [0.5, 0.6) is 0 Å². The number of aromatic carboxylic acids is 1. The maximum absolute atomic E-state index is 11.0. The first-order chi connectivity index (χ1) is 6.18. The lowest BCUT2D eigenvalue weighted by Gasteiger charge is -2.08. The van der Waals surface area contributed by atoms with Crippen molar-refractivity contribution >= 4 is 11.8 Å². The fourth-order valence-electron chi connectivity index (χ4n) is 1.54. The number of carboxylic acids is 1. The molecule has 13 heavy (non-hydrogen) atoms. The Bertz CT molecular complexity index is 381. The Morgan fingerprint density at radius 3 is 2.92 bits per heavy atom. The van der Waals surface area contributed by atoms with Crippen molar-refractivity contribution in [2.24, 2.45) is 0 Å². The minimum absolute atomic E-state index is 0.0579. The van der Waals surface area contributed by atoms with Crippen LogP contribution in [0.2, 0.25) is 0 Å². The van der Waals surface area contributed by atoms with E-state index in [1.165, 1.54) is 0 Å². The van der Waals surface area contributed by atoms with Crippen LogP contribution in [-0.4, -0.2) is 27.1 Å². The first-order valence-electron chi connectivity index (χ1n) is 3.99. The molecular formula is C8H8N2O3. The SMILES string of the molecule is O=C1CCc2c(C(=O)O)n[nH]c2C1. The summed E-state index contributed by atoms with van der Waals surface area (Å²) in [5, 5.41) is 15.0. The molecule has 1 aromatic heterocycles. The molecule has 1 heterocycles. The molecule has 0 amide bonds. The second-order valence-electron chi connectivity index (χ2n) is 3.05. The Labute approximate surface area is 73.8 Å². The lowest BCUT2D eigenvalue weighted by Crippen LogP contribution is -2.14. The average Bonchev–Trinajstić information content (AvgIpc) is 2.46. The number of ketones is 1. The summed E-state index contributed by atoms with van der Waals surface area (Å²) in [6.45, 7) is 0. The molecule has 0 saturated heterocycles. The molecule has 1 aromatic rings. The molecule has 0 bridgehead atoms. The number of carbonyl (C=O) groups excluding carboxylic acids is 1. The Balaban J connectivity index is 2.44. The van der Waals surface area contributed by atoms with Crippen molar-refractivity contribution in [3.63, 3.8) is 0 Å². The molecule has 0 spiro atoms. The van der Waals surface area contributed by atoms with Crippen LogP contribution in [-0.2, 0) is 17.6 Å². The van der Waals surface area contributed by atoms with Gasteiger partial charge in [0, 0.05) is 24.1 Å². The smallest absolute Gasteiger partial charge is 0.356 e. The van der Waals surface area contributed by atoms with E-state index < -0.39 is 5.97 Å². The van der Waals surface area contributed by atoms with Crippen molar-refractivity contribution in [2.75, 3.05) is 0 Å². The van der Waals surface area contributed by atoms with Gasteiger partial charge in [-0.15, -0.1) is 0 Å². The van der Waals surface area contributed by atoms with Crippen LogP contribution < -0.4 is 0 Å². The van der Waals surface area contributed by atoms with Crippen molar-refractivity contribution in [3.8, 4) is 0 Å². The van der Waals surface area contributed by atoms with Gasteiger partial charge in [-0.1, -0.05) is 0 Å². The molecular weight excluding hydrogens is 172 g/mol. The maximum atomic E-state index is 11.0. The molecule has 0 aliphatic heterocycles. The summed E-state index contributed by atoms with van der Waals surface area (Å²) in [6.07, 6.45) is 1.20. The molecule has 5 nitrogen and oxygen atoms in total. The monoisotopic (exact) mass is 180 g/mol. The summed E-state index contributed by atoms with van der Waals surface area (Å²) in [6, 6.07) is 0. The Kier molecular flexibility index (Phi) is 1.65. The van der Waals surface area contributed by atoms with Crippen LogP contribution in [0, 0.1) is 0 Å². The van der Waals surface area contributed by atoms with Gasteiger partial charge in [0.25, 0.3) is 0 Å². The second kappa shape index (κ2) is 2.69. The number of nitrogens with one attached hydrogen (secondary N) is 1. The molecule has 0 fully saturated rings. The normalized spacial score (nSPS) is 15.5. The van der Waals surface area contributed by atoms with Crippen LogP contribution in [0.4, 0.5) is 0 Å². The predicted molar refractivity (Wildman–Crippen MR) is 42.6 cm³/mol. The van der Waals surface area contributed by atoms with Crippen LogP contribution in [0.1, 0.15) is 28.2 Å². The highest BCUT2D eigenvalue weighted by atomic mass is 16.4. The van der Waals surface area contributed by atoms with Crippen LogP contribution in [0.25, 0.3) is 0 Å². The summed E-state index contributed by atoms with van der Waals surface area (Å²) in [5.74, 6) is -0.903. The first kappa shape index (κ1) is 7.97. The van der Waals surface area contributed by atoms with Gasteiger partial charge in [-0.05, 0) is 6.42 Å². The molecule has 0 atom stereocenters. The Hall–Kier alpha value is -1.65. The lowest BCUT2D eigenvalue weighted by molar-refractivity contribution is -0.118. The lowest BCUT2D eigenvalue weighted by atomic mass is 9.95. The van der Waals surface area contributed by atoms with Gasteiger partial charge in [0.1, 0.15) is 5.78 Å². The van der Waals surface area contributed by atoms with E-state index in [2.05, 4.69) is 10.2 Å². The molecule has 68 valence electrons. The molecule has 0 aromatic carbocycles. The number of aromatic amines is 1. The van der Waals surface area contributed by atoms with E-state index in [1.54, 1.807) is 0 Å². The fraction of sp³-hybridized carbons (Fsp3) is 0.375. The van der Waals surface area contributed by atoms with Gasteiger partial charge >= 0.3 is 5.97 Å². The number of Topliss-reactive ketones (excluding diaryl/α,β-unsaturated/α-hetero) is 1. The quantitative estimate of drug-likeness (QED) is 0.645. The van der Waals surface area contributed by atoms with Crippen LogP contribution in [0.15, 0.2) is 0 Å². The molecule has 0 unspecified atom stereocenters. The zero-order valence-corrected chi connectivity index (χ0v) is 6.83. The van der Waals surface area contributed by atoms with Gasteiger partial charge in [-0.2, -0.15) is 5.10 Å². The summed E-state index contributed by atoms with van der Waals surface area (Å²) in [4.78, 5) is 21.7. The minimum atomic E-state index is -1.04. The highest BCUT2D eigenvalue weighted by Crippen LogP contribution is 2.19. The van der Waals surface area contributed by atoms with E-state index in [1.807, 2.05) is 0 Å². The Morgan fingerprint density at radius 2 is 2.23 bits per heavy atom. The van der Waals surface area contributed by atoms with Crippen molar-refractivity contribution in [1.29, 1.82) is 0 Å². The van der Waals surface area contributed by atoms with Gasteiger partial charge in [0.2, 0.25) is 0 Å². The molecule has 2 rings (SSSR count). The third kappa shape index (κ3) is 1.22. The molecule has 5 heteroatoms. The zero-order chi connectivity index (χ0) is 9.42. The summed E-state index contributed by atoms with van der Waals surface area (Å²) in [7, 11) is 0. The molecule has 0 saturated carbocycles. The van der Waals surface area contributed by atoms with Crippen molar-refractivity contribution in [1.82, 2.24) is 10.2 Å². The van der Waals surface area contributed by atoms with E-state index in [9.17, 15) is 9.59 Å². The standard InChI is InChI=1S/C8H8N2O3/c11-4-1-2-5-6(3-4)9-10-7(5)8(12)13/h1-3H2,(H,9,10)(H,12,13). The molecule has 2 N–H and O–H groups in total. The van der Waals surface area contributed by atoms with Gasteiger partial charge in [0.05, 0.1) is 0 Å². The average molecular weight is 180 g/mol. The fourth-order valence-corrected chi connectivity index (χ4v) is 1.54. The topological polar surface area (TPSA) is 83.1 Å². The minimum Gasteiger partial charge on any atom is -0.476 e. The zero-order valence-electron chi connectivity index (χ0n) is 6.83. The number of carboxylic acid groups (broad SMARTS) is 1. The van der Waals surface area contributed by atoms with Crippen molar-refractivity contribution in [2.45, 2.75) is 19.3 Å². The maximum Gasteiger partial charge on any atom is 0.356 e. The number of nitrogens with zero attached hydrogens (tertiary/aromatic N) is 1. The van der Waals surface area contributed by atoms with Crippen molar-refractivity contribution < 1.29 is 14.7 Å². The van der Waals surface area contributed by atoms with Gasteiger partial charge in [-0.25, -0.2) is 4.79 Å². The van der Waals surface area contributed by atoms with E-state index >= 15 is 0 Å². The van der Waals surface area contributed by atoms with Crippen molar-refractivity contribution in [3.05, 3.63) is 17.0 Å². The van der Waals surface area contributed by atoms with Crippen LogP contribution >= 0.6 is 0 Å². The van der Waals surface area contributed by atoms with E-state index in [0.717, 1.165) is 0 Å². The Morgan fingerprint density at radius 1 is 1.46 bits per heavy atom. The number of fused-ring (bicyclic) bond motifs is 1. The molecule has 1 aliphatic rings. The van der Waals surface area contributed by atoms with Gasteiger partial charge in [0.15, 0.2) is 5.69 Å². The van der Waals surface area contributed by atoms with Gasteiger partial charge < -0.3 is 5.11 Å². The summed E-state index contributed by atoms with van der Waals surface area (Å²) >= 11 is 0. The number of hydrogen-bond acceptors (Lipinski definition) is 3. The largest absolute Gasteiger partial charge is 0.476 e. The molecule has 0 radical (unpaired) electrons. The number of carbonyl (C=O) groups is 2. The highest BCUT2D eigenvalue weighted by molar-refractivity contribution is 5.90.